The molecule has 0 amide bonds. The number of fused-ring (bicyclic) bond motifs is 1. The molecule has 2 atom stereocenters. The average molecular weight is 326 g/mol. The van der Waals surface area contributed by atoms with Gasteiger partial charge < -0.3 is 9.72 Å². The summed E-state index contributed by atoms with van der Waals surface area (Å²) in [6, 6.07) is 13.9. The number of nitrogens with one attached hydrogen (secondary N) is 1. The lowest BCUT2D eigenvalue weighted by molar-refractivity contribution is 0.00863. The summed E-state index contributed by atoms with van der Waals surface area (Å²) in [4.78, 5) is 13.8. The number of imidazole rings is 1. The molecule has 124 valence electrons. The zero-order chi connectivity index (χ0) is 16.4. The number of halogens is 1. The van der Waals surface area contributed by atoms with Gasteiger partial charge in [0, 0.05) is 25.8 Å². The SMILES string of the molecule is FC1CN(Cc2ccccc2)CC1OCc1nc2ncccc2[nH]1. The van der Waals surface area contributed by atoms with E-state index in [0.29, 0.717) is 24.6 Å². The highest BCUT2D eigenvalue weighted by atomic mass is 19.1. The number of rotatable bonds is 5. The summed E-state index contributed by atoms with van der Waals surface area (Å²) >= 11 is 0. The van der Waals surface area contributed by atoms with Crippen LogP contribution in [0.3, 0.4) is 0 Å². The highest BCUT2D eigenvalue weighted by Gasteiger charge is 2.33. The van der Waals surface area contributed by atoms with Crippen LogP contribution in [-0.4, -0.2) is 45.2 Å². The smallest absolute Gasteiger partial charge is 0.177 e. The Balaban J connectivity index is 1.35. The molecule has 5 nitrogen and oxygen atoms in total. The van der Waals surface area contributed by atoms with Gasteiger partial charge in [0.15, 0.2) is 5.65 Å². The molecule has 1 saturated heterocycles. The van der Waals surface area contributed by atoms with Crippen LogP contribution in [0, 0.1) is 0 Å². The van der Waals surface area contributed by atoms with Gasteiger partial charge in [-0.2, -0.15) is 0 Å². The number of benzene rings is 1. The van der Waals surface area contributed by atoms with E-state index in [2.05, 4.69) is 32.0 Å². The van der Waals surface area contributed by atoms with Crippen LogP contribution in [-0.2, 0) is 17.9 Å². The molecule has 6 heteroatoms. The second-order valence-electron chi connectivity index (χ2n) is 6.10. The Hall–Kier alpha value is -2.31. The van der Waals surface area contributed by atoms with Crippen molar-refractivity contribution in [2.24, 2.45) is 0 Å². The standard InChI is InChI=1S/C18H19FN4O/c19-14-10-23(9-13-5-2-1-3-6-13)11-16(14)24-12-17-21-15-7-4-8-20-18(15)22-17/h1-8,14,16H,9-12H2,(H,20,21,22). The van der Waals surface area contributed by atoms with E-state index < -0.39 is 12.3 Å². The number of ether oxygens (including phenoxy) is 1. The Morgan fingerprint density at radius 1 is 1.17 bits per heavy atom. The van der Waals surface area contributed by atoms with E-state index in [1.54, 1.807) is 6.20 Å². The maximum absolute atomic E-state index is 14.2. The molecule has 24 heavy (non-hydrogen) atoms. The van der Waals surface area contributed by atoms with E-state index >= 15 is 0 Å². The molecule has 1 aliphatic heterocycles. The van der Waals surface area contributed by atoms with Crippen molar-refractivity contribution in [1.29, 1.82) is 0 Å². The molecule has 1 aliphatic rings. The Bertz CT molecular complexity index is 774. The molecule has 4 rings (SSSR count). The molecule has 3 aromatic rings. The lowest BCUT2D eigenvalue weighted by Gasteiger charge is -2.15. The Morgan fingerprint density at radius 3 is 2.88 bits per heavy atom. The molecule has 3 heterocycles. The van der Waals surface area contributed by atoms with E-state index in [0.717, 1.165) is 12.1 Å². The van der Waals surface area contributed by atoms with Crippen LogP contribution < -0.4 is 0 Å². The lowest BCUT2D eigenvalue weighted by Crippen LogP contribution is -2.24. The molecule has 0 aliphatic carbocycles. The van der Waals surface area contributed by atoms with Gasteiger partial charge in [-0.15, -0.1) is 0 Å². The third-order valence-electron chi connectivity index (χ3n) is 4.26. The second kappa shape index (κ2) is 6.67. The first-order valence-corrected chi connectivity index (χ1v) is 8.09. The van der Waals surface area contributed by atoms with Crippen LogP contribution in [0.2, 0.25) is 0 Å². The summed E-state index contributed by atoms with van der Waals surface area (Å²) in [5, 5.41) is 0. The lowest BCUT2D eigenvalue weighted by atomic mass is 10.2. The fourth-order valence-corrected chi connectivity index (χ4v) is 3.08. The molecule has 0 saturated carbocycles. The number of hydrogen-bond acceptors (Lipinski definition) is 4. The predicted molar refractivity (Wildman–Crippen MR) is 89.1 cm³/mol. The first kappa shape index (κ1) is 15.2. The minimum absolute atomic E-state index is 0.265. The van der Waals surface area contributed by atoms with Crippen LogP contribution in [0.25, 0.3) is 11.2 Å². The summed E-state index contributed by atoms with van der Waals surface area (Å²) in [6.45, 7) is 2.01. The maximum Gasteiger partial charge on any atom is 0.177 e. The summed E-state index contributed by atoms with van der Waals surface area (Å²) in [5.41, 5.74) is 2.71. The van der Waals surface area contributed by atoms with Gasteiger partial charge in [0.05, 0.1) is 5.52 Å². The van der Waals surface area contributed by atoms with Gasteiger partial charge in [0.25, 0.3) is 0 Å². The van der Waals surface area contributed by atoms with E-state index in [9.17, 15) is 4.39 Å². The number of H-pyrrole nitrogens is 1. The van der Waals surface area contributed by atoms with Crippen molar-refractivity contribution in [2.75, 3.05) is 13.1 Å². The number of aromatic amines is 1. The van der Waals surface area contributed by atoms with Gasteiger partial charge in [-0.1, -0.05) is 30.3 Å². The van der Waals surface area contributed by atoms with Gasteiger partial charge in [-0.25, -0.2) is 14.4 Å². The summed E-state index contributed by atoms with van der Waals surface area (Å²) in [6.07, 6.45) is 0.301. The molecule has 1 fully saturated rings. The first-order valence-electron chi connectivity index (χ1n) is 8.09. The topological polar surface area (TPSA) is 54.0 Å². The third kappa shape index (κ3) is 3.29. The minimum atomic E-state index is -0.976. The van der Waals surface area contributed by atoms with Crippen LogP contribution in [0.4, 0.5) is 4.39 Å². The number of hydrogen-bond donors (Lipinski definition) is 1. The molecule has 0 radical (unpaired) electrons. The van der Waals surface area contributed by atoms with E-state index in [-0.39, 0.29) is 6.61 Å². The van der Waals surface area contributed by atoms with Crippen LogP contribution in [0.5, 0.6) is 0 Å². The normalized spacial score (nSPS) is 21.5. The van der Waals surface area contributed by atoms with Crippen molar-refractivity contribution in [1.82, 2.24) is 19.9 Å². The highest BCUT2D eigenvalue weighted by molar-refractivity contribution is 5.69. The summed E-state index contributed by atoms with van der Waals surface area (Å²) < 4.78 is 20.0. The van der Waals surface area contributed by atoms with Crippen molar-refractivity contribution in [2.45, 2.75) is 25.4 Å². The molecular weight excluding hydrogens is 307 g/mol. The number of likely N-dealkylation sites (tertiary alicyclic amines) is 1. The van der Waals surface area contributed by atoms with Crippen molar-refractivity contribution in [3.63, 3.8) is 0 Å². The molecular formula is C18H19FN4O. The number of nitrogens with zero attached hydrogens (tertiary/aromatic N) is 3. The number of pyridine rings is 1. The van der Waals surface area contributed by atoms with Crippen LogP contribution in [0.15, 0.2) is 48.7 Å². The third-order valence-corrected chi connectivity index (χ3v) is 4.26. The second-order valence-corrected chi connectivity index (χ2v) is 6.10. The molecule has 2 aromatic heterocycles. The summed E-state index contributed by atoms with van der Waals surface area (Å²) in [5.74, 6) is 0.678. The molecule has 2 unspecified atom stereocenters. The predicted octanol–water partition coefficient (Wildman–Crippen LogP) is 2.70. The zero-order valence-electron chi connectivity index (χ0n) is 13.2. The fourth-order valence-electron chi connectivity index (χ4n) is 3.08. The quantitative estimate of drug-likeness (QED) is 0.783. The zero-order valence-corrected chi connectivity index (χ0v) is 13.2. The average Bonchev–Trinajstić information content (AvgIpc) is 3.16. The van der Waals surface area contributed by atoms with Crippen LogP contribution >= 0.6 is 0 Å². The Morgan fingerprint density at radius 2 is 2.04 bits per heavy atom. The fraction of sp³-hybridized carbons (Fsp3) is 0.333. The molecule has 0 bridgehead atoms. The Kier molecular flexibility index (Phi) is 4.23. The maximum atomic E-state index is 14.2. The van der Waals surface area contributed by atoms with Gasteiger partial charge >= 0.3 is 0 Å². The molecule has 1 aromatic carbocycles. The van der Waals surface area contributed by atoms with E-state index in [4.69, 9.17) is 4.74 Å². The van der Waals surface area contributed by atoms with Crippen molar-refractivity contribution >= 4 is 11.2 Å². The van der Waals surface area contributed by atoms with Gasteiger partial charge in [0.1, 0.15) is 24.7 Å². The van der Waals surface area contributed by atoms with Crippen molar-refractivity contribution in [3.05, 3.63) is 60.0 Å². The minimum Gasteiger partial charge on any atom is -0.366 e. The van der Waals surface area contributed by atoms with Gasteiger partial charge in [-0.05, 0) is 17.7 Å². The number of aromatic nitrogens is 3. The van der Waals surface area contributed by atoms with E-state index in [1.165, 1.54) is 5.56 Å². The summed E-state index contributed by atoms with van der Waals surface area (Å²) in [7, 11) is 0. The first-order chi connectivity index (χ1) is 11.8. The molecule has 1 N–H and O–H groups in total. The molecule has 0 spiro atoms. The highest BCUT2D eigenvalue weighted by Crippen LogP contribution is 2.20. The monoisotopic (exact) mass is 326 g/mol. The van der Waals surface area contributed by atoms with E-state index in [1.807, 2.05) is 30.3 Å². The largest absolute Gasteiger partial charge is 0.366 e. The van der Waals surface area contributed by atoms with Crippen molar-refractivity contribution < 1.29 is 9.13 Å². The number of alkyl halides is 1. The van der Waals surface area contributed by atoms with Crippen LogP contribution in [0.1, 0.15) is 11.4 Å². The van der Waals surface area contributed by atoms with Gasteiger partial charge in [0.2, 0.25) is 0 Å². The van der Waals surface area contributed by atoms with Gasteiger partial charge in [-0.3, -0.25) is 4.90 Å². The van der Waals surface area contributed by atoms with Crippen molar-refractivity contribution in [3.8, 4) is 0 Å². The Labute approximate surface area is 139 Å².